The Balaban J connectivity index is 1.49. The van der Waals surface area contributed by atoms with Crippen LogP contribution in [0.4, 0.5) is 0 Å². The third-order valence-corrected chi connectivity index (χ3v) is 3.57. The fraction of sp³-hybridized carbons (Fsp3) is 0.263. The van der Waals surface area contributed by atoms with Gasteiger partial charge < -0.3 is 18.9 Å². The third kappa shape index (κ3) is 4.50. The van der Waals surface area contributed by atoms with Gasteiger partial charge in [-0.2, -0.15) is 0 Å². The molecule has 0 amide bonds. The molecule has 25 heavy (non-hydrogen) atoms. The minimum atomic E-state index is -0.604. The monoisotopic (exact) mass is 342 g/mol. The second-order valence-electron chi connectivity index (χ2n) is 5.55. The van der Waals surface area contributed by atoms with E-state index in [1.165, 1.54) is 0 Å². The zero-order valence-electron chi connectivity index (χ0n) is 13.8. The number of benzene rings is 2. The first-order valence-electron chi connectivity index (χ1n) is 7.90. The first-order valence-corrected chi connectivity index (χ1v) is 7.90. The fourth-order valence-corrected chi connectivity index (χ4v) is 2.34. The maximum atomic E-state index is 12.1. The van der Waals surface area contributed by atoms with Crippen LogP contribution in [0.5, 0.6) is 17.2 Å². The van der Waals surface area contributed by atoms with Crippen molar-refractivity contribution in [2.45, 2.75) is 6.92 Å². The summed E-state index contributed by atoms with van der Waals surface area (Å²) < 4.78 is 21.1. The highest BCUT2D eigenvalue weighted by molar-refractivity contribution is 5.98. The zero-order chi connectivity index (χ0) is 17.6. The molecule has 1 heterocycles. The number of carbonyl (C=O) groups is 2. The predicted molar refractivity (Wildman–Crippen MR) is 89.4 cm³/mol. The first kappa shape index (κ1) is 16.8. The molecule has 6 nitrogen and oxygen atoms in total. The zero-order valence-corrected chi connectivity index (χ0v) is 13.8. The van der Waals surface area contributed by atoms with Gasteiger partial charge in [-0.25, -0.2) is 4.79 Å². The van der Waals surface area contributed by atoms with Crippen LogP contribution in [-0.4, -0.2) is 38.2 Å². The van der Waals surface area contributed by atoms with E-state index in [-0.39, 0.29) is 19.0 Å². The van der Waals surface area contributed by atoms with Crippen LogP contribution >= 0.6 is 0 Å². The molecule has 0 N–H and O–H groups in total. The van der Waals surface area contributed by atoms with Crippen LogP contribution in [-0.2, 0) is 9.53 Å². The van der Waals surface area contributed by atoms with Crippen LogP contribution in [0.25, 0.3) is 0 Å². The van der Waals surface area contributed by atoms with Gasteiger partial charge in [-0.15, -0.1) is 0 Å². The lowest BCUT2D eigenvalue weighted by Gasteiger charge is -2.18. The number of hydrogen-bond donors (Lipinski definition) is 0. The Hall–Kier alpha value is -3.02. The number of ketones is 1. The molecule has 1 aliphatic rings. The maximum absolute atomic E-state index is 12.1. The molecule has 1 aliphatic heterocycles. The van der Waals surface area contributed by atoms with E-state index < -0.39 is 5.97 Å². The molecule has 0 saturated carbocycles. The Morgan fingerprint density at radius 1 is 1.00 bits per heavy atom. The minimum absolute atomic E-state index is 0.252. The average Bonchev–Trinajstić information content (AvgIpc) is 2.64. The Labute approximate surface area is 145 Å². The van der Waals surface area contributed by atoms with E-state index in [1.54, 1.807) is 24.3 Å². The molecule has 0 atom stereocenters. The number of aryl methyl sites for hydroxylation is 1. The molecule has 2 aromatic rings. The number of hydrogen-bond acceptors (Lipinski definition) is 6. The Kier molecular flexibility index (Phi) is 5.18. The molecule has 0 saturated heterocycles. The normalized spacial score (nSPS) is 12.4. The first-order chi connectivity index (χ1) is 12.1. The Bertz CT molecular complexity index is 783. The van der Waals surface area contributed by atoms with E-state index in [9.17, 15) is 9.59 Å². The molecule has 3 rings (SSSR count). The molecule has 0 aromatic heterocycles. The molecule has 0 spiro atoms. The van der Waals surface area contributed by atoms with Gasteiger partial charge in [0, 0.05) is 5.56 Å². The fourth-order valence-electron chi connectivity index (χ4n) is 2.34. The summed E-state index contributed by atoms with van der Waals surface area (Å²) in [6.07, 6.45) is 0. The molecular weight excluding hydrogens is 324 g/mol. The predicted octanol–water partition coefficient (Wildman–Crippen LogP) is 2.57. The second-order valence-corrected chi connectivity index (χ2v) is 5.55. The lowest BCUT2D eigenvalue weighted by molar-refractivity contribution is -0.144. The van der Waals surface area contributed by atoms with Gasteiger partial charge >= 0.3 is 5.97 Å². The summed E-state index contributed by atoms with van der Waals surface area (Å²) in [7, 11) is 0. The number of esters is 1. The number of ether oxygens (including phenoxy) is 4. The molecule has 0 bridgehead atoms. The summed E-state index contributed by atoms with van der Waals surface area (Å²) in [6, 6.07) is 12.2. The van der Waals surface area contributed by atoms with Gasteiger partial charge in [-0.05, 0) is 42.8 Å². The quantitative estimate of drug-likeness (QED) is 0.593. The van der Waals surface area contributed by atoms with Crippen molar-refractivity contribution >= 4 is 11.8 Å². The van der Waals surface area contributed by atoms with E-state index in [4.69, 9.17) is 18.9 Å². The van der Waals surface area contributed by atoms with Crippen molar-refractivity contribution in [2.75, 3.05) is 26.4 Å². The van der Waals surface area contributed by atoms with Gasteiger partial charge in [0.15, 0.2) is 30.5 Å². The van der Waals surface area contributed by atoms with Crippen LogP contribution in [0.1, 0.15) is 15.9 Å². The molecule has 6 heteroatoms. The summed E-state index contributed by atoms with van der Waals surface area (Å²) >= 11 is 0. The lowest BCUT2D eigenvalue weighted by atomic mass is 10.1. The van der Waals surface area contributed by atoms with Crippen molar-refractivity contribution in [3.63, 3.8) is 0 Å². The third-order valence-electron chi connectivity index (χ3n) is 3.57. The summed E-state index contributed by atoms with van der Waals surface area (Å²) in [6.45, 7) is 2.25. The van der Waals surface area contributed by atoms with Crippen molar-refractivity contribution in [1.82, 2.24) is 0 Å². The van der Waals surface area contributed by atoms with E-state index in [0.29, 0.717) is 36.0 Å². The molecule has 0 fully saturated rings. The second kappa shape index (κ2) is 7.70. The van der Waals surface area contributed by atoms with E-state index >= 15 is 0 Å². The number of rotatable bonds is 6. The van der Waals surface area contributed by atoms with Crippen LogP contribution in [0.3, 0.4) is 0 Å². The van der Waals surface area contributed by atoms with E-state index in [1.807, 2.05) is 25.1 Å². The summed E-state index contributed by atoms with van der Waals surface area (Å²) in [5.74, 6) is 0.779. The maximum Gasteiger partial charge on any atom is 0.344 e. The van der Waals surface area contributed by atoms with E-state index in [2.05, 4.69) is 0 Å². The molecule has 130 valence electrons. The highest BCUT2D eigenvalue weighted by atomic mass is 16.6. The van der Waals surface area contributed by atoms with Gasteiger partial charge in [0.25, 0.3) is 0 Å². The summed E-state index contributed by atoms with van der Waals surface area (Å²) in [4.78, 5) is 23.9. The lowest BCUT2D eigenvalue weighted by Crippen LogP contribution is -2.20. The molecule has 0 aliphatic carbocycles. The van der Waals surface area contributed by atoms with Crippen molar-refractivity contribution in [3.05, 3.63) is 53.6 Å². The van der Waals surface area contributed by atoms with Crippen molar-refractivity contribution in [3.8, 4) is 17.2 Å². The van der Waals surface area contributed by atoms with Crippen LogP contribution in [0, 0.1) is 6.92 Å². The smallest absolute Gasteiger partial charge is 0.344 e. The van der Waals surface area contributed by atoms with Crippen molar-refractivity contribution < 1.29 is 28.5 Å². The van der Waals surface area contributed by atoms with Crippen LogP contribution in [0.2, 0.25) is 0 Å². The molecule has 2 aromatic carbocycles. The largest absolute Gasteiger partial charge is 0.486 e. The SMILES string of the molecule is Cc1cccc(OCC(=O)OCC(=O)c2ccc3c(c2)OCCO3)c1. The number of fused-ring (bicyclic) bond motifs is 1. The standard InChI is InChI=1S/C19H18O6/c1-13-3-2-4-15(9-13)24-12-19(21)25-11-16(20)14-5-6-17-18(10-14)23-8-7-22-17/h2-6,9-10H,7-8,11-12H2,1H3. The molecule has 0 radical (unpaired) electrons. The van der Waals surface area contributed by atoms with Crippen LogP contribution < -0.4 is 14.2 Å². The van der Waals surface area contributed by atoms with Gasteiger partial charge in [0.1, 0.15) is 19.0 Å². The number of Topliss-reactive ketones (excluding diaryl/α,β-unsaturated/α-hetero) is 1. The minimum Gasteiger partial charge on any atom is -0.486 e. The average molecular weight is 342 g/mol. The molecular formula is C19H18O6. The Morgan fingerprint density at radius 2 is 1.80 bits per heavy atom. The Morgan fingerprint density at radius 3 is 2.60 bits per heavy atom. The van der Waals surface area contributed by atoms with Gasteiger partial charge in [0.2, 0.25) is 0 Å². The van der Waals surface area contributed by atoms with Crippen molar-refractivity contribution in [1.29, 1.82) is 0 Å². The highest BCUT2D eigenvalue weighted by Crippen LogP contribution is 2.30. The van der Waals surface area contributed by atoms with Crippen molar-refractivity contribution in [2.24, 2.45) is 0 Å². The topological polar surface area (TPSA) is 71.1 Å². The summed E-state index contributed by atoms with van der Waals surface area (Å²) in [5.41, 5.74) is 1.43. The van der Waals surface area contributed by atoms with Crippen LogP contribution in [0.15, 0.2) is 42.5 Å². The van der Waals surface area contributed by atoms with E-state index in [0.717, 1.165) is 5.56 Å². The van der Waals surface area contributed by atoms with Gasteiger partial charge in [0.05, 0.1) is 0 Å². The number of carbonyl (C=O) groups excluding carboxylic acids is 2. The van der Waals surface area contributed by atoms with Gasteiger partial charge in [-0.1, -0.05) is 12.1 Å². The summed E-state index contributed by atoms with van der Waals surface area (Å²) in [5, 5.41) is 0. The molecule has 0 unspecified atom stereocenters. The van der Waals surface area contributed by atoms with Gasteiger partial charge in [-0.3, -0.25) is 4.79 Å². The highest BCUT2D eigenvalue weighted by Gasteiger charge is 2.16.